The first-order valence-corrected chi connectivity index (χ1v) is 16.7. The average Bonchev–Trinajstić information content (AvgIpc) is 3.24. The van der Waals surface area contributed by atoms with Gasteiger partial charge in [0.05, 0.1) is 13.1 Å². The molecule has 9 nitrogen and oxygen atoms in total. The number of hydrogen-bond donors (Lipinski definition) is 3. The summed E-state index contributed by atoms with van der Waals surface area (Å²) in [5.41, 5.74) is 7.00. The minimum atomic E-state index is -2.37. The summed E-state index contributed by atoms with van der Waals surface area (Å²) in [6, 6.07) is 5.92. The molecule has 1 aromatic rings. The number of ketones is 1. The second-order valence-corrected chi connectivity index (χ2v) is 16.2. The number of phenols is 1. The van der Waals surface area contributed by atoms with Crippen molar-refractivity contribution < 1.29 is 29.0 Å². The van der Waals surface area contributed by atoms with Crippen molar-refractivity contribution in [3.8, 4) is 5.75 Å². The third-order valence-corrected chi connectivity index (χ3v) is 11.7. The lowest BCUT2D eigenvalue weighted by molar-refractivity contribution is -0.181. The highest BCUT2D eigenvalue weighted by Crippen LogP contribution is 2.49. The van der Waals surface area contributed by atoms with Gasteiger partial charge in [-0.3, -0.25) is 9.59 Å². The Labute approximate surface area is 227 Å². The number of nitrogens with zero attached hydrogens (tertiary/aromatic N) is 1. The molecule has 3 heterocycles. The maximum Gasteiger partial charge on any atom is 0.355 e. The van der Waals surface area contributed by atoms with Crippen molar-refractivity contribution in [2.45, 2.75) is 63.2 Å². The zero-order valence-electron chi connectivity index (χ0n) is 21.7. The van der Waals surface area contributed by atoms with Gasteiger partial charge in [0.1, 0.15) is 31.1 Å². The highest BCUT2D eigenvalue weighted by molar-refractivity contribution is 6.80. The number of carbonyl (C=O) groups is 3. The normalized spacial score (nSPS) is 24.2. The molecule has 38 heavy (non-hydrogen) atoms. The molecule has 0 aromatic heterocycles. The van der Waals surface area contributed by atoms with Crippen LogP contribution in [0.4, 0.5) is 0 Å². The van der Waals surface area contributed by atoms with Crippen molar-refractivity contribution in [2.75, 3.05) is 12.4 Å². The number of phenolic OH excluding ortho intramolecular Hbond substituents is 1. The molecule has 0 bridgehead atoms. The van der Waals surface area contributed by atoms with E-state index in [-0.39, 0.29) is 24.4 Å². The molecule has 5 rings (SSSR count). The number of nitrogens with two attached hydrogens (primary N) is 1. The molecule has 2 unspecified atom stereocenters. The Bertz CT molecular complexity index is 1340. The number of fused-ring (bicyclic) bond motifs is 3. The minimum Gasteiger partial charge on any atom is -0.508 e. The summed E-state index contributed by atoms with van der Waals surface area (Å²) in [5, 5.41) is 13.3. The van der Waals surface area contributed by atoms with E-state index < -0.39 is 37.9 Å². The molecule has 202 valence electrons. The van der Waals surface area contributed by atoms with Gasteiger partial charge in [0.15, 0.2) is 0 Å². The molecular formula is C27H32ClN3O6Si. The molecule has 0 saturated carbocycles. The highest BCUT2D eigenvalue weighted by Gasteiger charge is 2.59. The molecule has 1 aromatic carbocycles. The zero-order chi connectivity index (χ0) is 27.4. The number of benzene rings is 1. The van der Waals surface area contributed by atoms with E-state index in [1.54, 1.807) is 19.1 Å². The van der Waals surface area contributed by atoms with Gasteiger partial charge >= 0.3 is 11.9 Å². The highest BCUT2D eigenvalue weighted by atomic mass is 35.5. The van der Waals surface area contributed by atoms with Gasteiger partial charge in [0.25, 0.3) is 0 Å². The van der Waals surface area contributed by atoms with Crippen LogP contribution in [0.5, 0.6) is 5.75 Å². The number of ether oxygens (including phenoxy) is 2. The second-order valence-electron chi connectivity index (χ2n) is 10.8. The number of cyclic esters (lactones) is 1. The first-order valence-electron chi connectivity index (χ1n) is 12.8. The standard InChI is InChI=1S/C27H32ClN3O6Si/c1-4-27(37-21(33)13-29)18-12-19-23(31-14-15-6-7-17(32)10-16(15)11-20(31)30-19)24(34)22(18)25(36-26(27)35)38(2,3)9-5-8-28/h6-7,10-11,25,30,32H,4-5,8-9,12-14,29H2,1-3H3. The fraction of sp³-hybridized carbons (Fsp3) is 0.444. The predicted molar refractivity (Wildman–Crippen MR) is 144 cm³/mol. The number of nitrogens with one attached hydrogen (secondary N) is 1. The number of carbonyl (C=O) groups excluding carboxylic acids is 3. The van der Waals surface area contributed by atoms with Crippen molar-refractivity contribution >= 4 is 43.5 Å². The lowest BCUT2D eigenvalue weighted by Crippen LogP contribution is -2.59. The molecule has 0 spiro atoms. The number of alkyl halides is 1. The summed E-state index contributed by atoms with van der Waals surface area (Å²) in [6.07, 6.45) is 2.97. The van der Waals surface area contributed by atoms with Gasteiger partial charge in [-0.2, -0.15) is 0 Å². The van der Waals surface area contributed by atoms with E-state index in [1.165, 1.54) is 0 Å². The maximum absolute atomic E-state index is 14.4. The summed E-state index contributed by atoms with van der Waals surface area (Å²) < 4.78 is 11.8. The molecule has 2 atom stereocenters. The Balaban J connectivity index is 1.62. The van der Waals surface area contributed by atoms with Gasteiger partial charge in [0.2, 0.25) is 11.4 Å². The SMILES string of the molecule is CCC1(OC(=O)CN)C(=O)OC([Si](C)(C)CCCCl)C2=C1CC1=C(C2=O)N2Cc3ccc(O)cc3C=C2N1. The number of esters is 2. The number of aromatic hydroxyl groups is 1. The van der Waals surface area contributed by atoms with Crippen LogP contribution in [0.1, 0.15) is 37.3 Å². The Hall–Kier alpha value is -3.08. The largest absolute Gasteiger partial charge is 0.508 e. The summed E-state index contributed by atoms with van der Waals surface area (Å²) in [7, 11) is -2.37. The van der Waals surface area contributed by atoms with E-state index in [4.69, 9.17) is 26.8 Å². The average molecular weight is 558 g/mol. The number of rotatable bonds is 7. The third kappa shape index (κ3) is 4.06. The van der Waals surface area contributed by atoms with Crippen LogP contribution < -0.4 is 11.1 Å². The fourth-order valence-corrected chi connectivity index (χ4v) is 9.16. The van der Waals surface area contributed by atoms with Crippen LogP contribution in [0, 0.1) is 0 Å². The predicted octanol–water partition coefficient (Wildman–Crippen LogP) is 3.04. The lowest BCUT2D eigenvalue weighted by Gasteiger charge is -2.46. The molecule has 3 aliphatic heterocycles. The van der Waals surface area contributed by atoms with Crippen molar-refractivity contribution in [3.05, 3.63) is 57.7 Å². The Morgan fingerprint density at radius 1 is 1.37 bits per heavy atom. The van der Waals surface area contributed by atoms with Crippen LogP contribution in [0.3, 0.4) is 0 Å². The topological polar surface area (TPSA) is 131 Å². The van der Waals surface area contributed by atoms with E-state index in [2.05, 4.69) is 18.4 Å². The number of hydrogen-bond acceptors (Lipinski definition) is 9. The van der Waals surface area contributed by atoms with Crippen LogP contribution >= 0.6 is 11.6 Å². The van der Waals surface area contributed by atoms with Crippen LogP contribution in [-0.4, -0.2) is 59.6 Å². The van der Waals surface area contributed by atoms with Crippen LogP contribution in [-0.2, 0) is 30.4 Å². The smallest absolute Gasteiger partial charge is 0.355 e. The van der Waals surface area contributed by atoms with Crippen LogP contribution in [0.2, 0.25) is 19.1 Å². The molecule has 1 aliphatic carbocycles. The molecular weight excluding hydrogens is 526 g/mol. The van der Waals surface area contributed by atoms with E-state index in [1.807, 2.05) is 17.0 Å². The molecule has 11 heteroatoms. The van der Waals surface area contributed by atoms with E-state index in [9.17, 15) is 19.5 Å². The quantitative estimate of drug-likeness (QED) is 0.263. The second kappa shape index (κ2) is 9.59. The van der Waals surface area contributed by atoms with Crippen molar-refractivity contribution in [3.63, 3.8) is 0 Å². The molecule has 0 amide bonds. The van der Waals surface area contributed by atoms with Gasteiger partial charge in [-0.25, -0.2) is 4.79 Å². The number of allylic oxidation sites excluding steroid dienone is 2. The van der Waals surface area contributed by atoms with Crippen molar-refractivity contribution in [1.29, 1.82) is 0 Å². The molecule has 0 fully saturated rings. The zero-order valence-corrected chi connectivity index (χ0v) is 23.5. The van der Waals surface area contributed by atoms with Gasteiger partial charge < -0.3 is 30.5 Å². The van der Waals surface area contributed by atoms with Crippen molar-refractivity contribution in [1.82, 2.24) is 10.2 Å². The third-order valence-electron chi connectivity index (χ3n) is 7.94. The maximum atomic E-state index is 14.4. The van der Waals surface area contributed by atoms with Crippen molar-refractivity contribution in [2.24, 2.45) is 5.73 Å². The molecule has 4 aliphatic rings. The number of halogens is 1. The first kappa shape index (κ1) is 26.5. The Morgan fingerprint density at radius 2 is 2.13 bits per heavy atom. The van der Waals surface area contributed by atoms with E-state index in [0.717, 1.165) is 23.6 Å². The fourth-order valence-electron chi connectivity index (χ4n) is 5.94. The lowest BCUT2D eigenvalue weighted by atomic mass is 9.77. The molecule has 0 saturated heterocycles. The molecule has 4 N–H and O–H groups in total. The first-order chi connectivity index (χ1) is 18.1. The Morgan fingerprint density at radius 3 is 2.82 bits per heavy atom. The molecule has 0 radical (unpaired) electrons. The minimum absolute atomic E-state index is 0.111. The van der Waals surface area contributed by atoms with Gasteiger partial charge in [0, 0.05) is 29.1 Å². The van der Waals surface area contributed by atoms with E-state index in [0.29, 0.717) is 40.8 Å². The monoisotopic (exact) mass is 557 g/mol. The van der Waals surface area contributed by atoms with Gasteiger partial charge in [-0.05, 0) is 42.2 Å². The van der Waals surface area contributed by atoms with Gasteiger partial charge in [-0.1, -0.05) is 32.1 Å². The van der Waals surface area contributed by atoms with Crippen LogP contribution in [0.25, 0.3) is 6.08 Å². The van der Waals surface area contributed by atoms with E-state index >= 15 is 0 Å². The van der Waals surface area contributed by atoms with Crippen LogP contribution in [0.15, 0.2) is 46.6 Å². The summed E-state index contributed by atoms with van der Waals surface area (Å²) >= 11 is 6.00. The number of Topliss-reactive ketones (excluding diaryl/α,β-unsaturated/α-hetero) is 1. The summed E-state index contributed by atoms with van der Waals surface area (Å²) in [4.78, 5) is 42.4. The summed E-state index contributed by atoms with van der Waals surface area (Å²) in [6.45, 7) is 5.96. The summed E-state index contributed by atoms with van der Waals surface area (Å²) in [5.74, 6) is -0.286. The van der Waals surface area contributed by atoms with Gasteiger partial charge in [-0.15, -0.1) is 11.6 Å². The Kier molecular flexibility index (Phi) is 6.69.